The third-order valence-electron chi connectivity index (χ3n) is 6.21. The van der Waals surface area contributed by atoms with Crippen molar-refractivity contribution in [2.75, 3.05) is 53.1 Å². The highest BCUT2D eigenvalue weighted by atomic mass is 32.1. The predicted octanol–water partition coefficient (Wildman–Crippen LogP) is 3.86. The van der Waals surface area contributed by atoms with Crippen molar-refractivity contribution in [2.45, 2.75) is 71.2 Å². The largest absolute Gasteiger partial charge is 0.415 e. The summed E-state index contributed by atoms with van der Waals surface area (Å²) in [5.41, 5.74) is 1.37. The SMILES string of the molecule is CC(=O)N(CCCCCCCCNC(O)CCS)Cc1cc(CN=O)ccc1OC(=O)N(C)CCN(C)C. The van der Waals surface area contributed by atoms with Crippen LogP contribution in [0, 0.1) is 4.91 Å². The molecule has 10 nitrogen and oxygen atoms in total. The van der Waals surface area contributed by atoms with Gasteiger partial charge in [-0.1, -0.05) is 36.9 Å². The molecule has 1 aromatic rings. The Morgan fingerprint density at radius 3 is 2.37 bits per heavy atom. The van der Waals surface area contributed by atoms with Gasteiger partial charge in [0.15, 0.2) is 0 Å². The fraction of sp³-hybridized carbons (Fsp3) is 0.704. The summed E-state index contributed by atoms with van der Waals surface area (Å²) in [7, 11) is 5.55. The van der Waals surface area contributed by atoms with Crippen LogP contribution in [0.5, 0.6) is 5.75 Å². The summed E-state index contributed by atoms with van der Waals surface area (Å²) in [4.78, 5) is 41.1. The zero-order valence-electron chi connectivity index (χ0n) is 23.5. The number of thiol groups is 1. The lowest BCUT2D eigenvalue weighted by atomic mass is 10.1. The van der Waals surface area contributed by atoms with Gasteiger partial charge in [-0.05, 0) is 63.4 Å². The number of unbranched alkanes of at least 4 members (excludes halogenated alkanes) is 5. The number of nitroso groups, excluding NO2 is 1. The van der Waals surface area contributed by atoms with Crippen molar-refractivity contribution in [3.8, 4) is 5.75 Å². The van der Waals surface area contributed by atoms with E-state index in [0.29, 0.717) is 48.7 Å². The molecule has 11 heteroatoms. The van der Waals surface area contributed by atoms with Gasteiger partial charge < -0.3 is 24.5 Å². The number of aliphatic hydroxyl groups is 1. The second-order valence-corrected chi connectivity index (χ2v) is 10.3. The Morgan fingerprint density at radius 2 is 1.74 bits per heavy atom. The van der Waals surface area contributed by atoms with Gasteiger partial charge in [-0.25, -0.2) is 4.79 Å². The number of hydrogen-bond donors (Lipinski definition) is 3. The van der Waals surface area contributed by atoms with Crippen molar-refractivity contribution in [3.63, 3.8) is 0 Å². The number of nitrogens with one attached hydrogen (secondary N) is 1. The highest BCUT2D eigenvalue weighted by Crippen LogP contribution is 2.24. The summed E-state index contributed by atoms with van der Waals surface area (Å²) in [6.45, 7) is 4.44. The van der Waals surface area contributed by atoms with Gasteiger partial charge in [-0.15, -0.1) is 0 Å². The van der Waals surface area contributed by atoms with E-state index in [9.17, 15) is 19.6 Å². The highest BCUT2D eigenvalue weighted by Gasteiger charge is 2.18. The molecule has 0 radical (unpaired) electrons. The molecular weight excluding hydrogens is 506 g/mol. The molecule has 2 amide bonds. The monoisotopic (exact) mass is 553 g/mol. The first kappa shape index (κ1) is 33.8. The summed E-state index contributed by atoms with van der Waals surface area (Å²) in [6.07, 6.45) is 5.85. The maximum atomic E-state index is 12.6. The van der Waals surface area contributed by atoms with E-state index in [1.165, 1.54) is 11.8 Å². The number of benzene rings is 1. The molecular formula is C27H47N5O5S. The van der Waals surface area contributed by atoms with Crippen LogP contribution >= 0.6 is 12.6 Å². The lowest BCUT2D eigenvalue weighted by Crippen LogP contribution is -2.35. The van der Waals surface area contributed by atoms with Crippen molar-refractivity contribution in [1.82, 2.24) is 20.0 Å². The summed E-state index contributed by atoms with van der Waals surface area (Å²) < 4.78 is 5.67. The van der Waals surface area contributed by atoms with Gasteiger partial charge in [0, 0.05) is 45.7 Å². The van der Waals surface area contributed by atoms with Gasteiger partial charge in [-0.2, -0.15) is 17.5 Å². The summed E-state index contributed by atoms with van der Waals surface area (Å²) in [6, 6.07) is 5.15. The van der Waals surface area contributed by atoms with E-state index in [1.807, 2.05) is 19.0 Å². The first-order chi connectivity index (χ1) is 18.2. The Labute approximate surface area is 233 Å². The van der Waals surface area contributed by atoms with Gasteiger partial charge in [0.2, 0.25) is 5.91 Å². The summed E-state index contributed by atoms with van der Waals surface area (Å²) in [5, 5.41) is 15.7. The smallest absolute Gasteiger partial charge is 0.410 e. The normalized spacial score (nSPS) is 11.9. The van der Waals surface area contributed by atoms with E-state index in [-0.39, 0.29) is 19.0 Å². The summed E-state index contributed by atoms with van der Waals surface area (Å²) in [5.74, 6) is 0.976. The fourth-order valence-corrected chi connectivity index (χ4v) is 4.07. The number of ether oxygens (including phenoxy) is 1. The Bertz CT molecular complexity index is 842. The molecule has 0 bridgehead atoms. The minimum Gasteiger partial charge on any atom is -0.410 e. The van der Waals surface area contributed by atoms with Crippen LogP contribution in [-0.4, -0.2) is 91.1 Å². The molecule has 2 N–H and O–H groups in total. The zero-order chi connectivity index (χ0) is 28.3. The number of rotatable bonds is 20. The molecule has 1 aromatic carbocycles. The van der Waals surface area contributed by atoms with Crippen molar-refractivity contribution in [3.05, 3.63) is 34.2 Å². The van der Waals surface area contributed by atoms with Crippen LogP contribution in [0.15, 0.2) is 23.4 Å². The number of hydrogen-bond acceptors (Lipinski definition) is 9. The Hall–Kier alpha value is -2.21. The van der Waals surface area contributed by atoms with E-state index >= 15 is 0 Å². The molecule has 1 rings (SSSR count). The number of nitrogens with zero attached hydrogens (tertiary/aromatic N) is 4. The van der Waals surface area contributed by atoms with Crippen molar-refractivity contribution in [2.24, 2.45) is 5.18 Å². The van der Waals surface area contributed by atoms with Crippen molar-refractivity contribution >= 4 is 24.6 Å². The van der Waals surface area contributed by atoms with Crippen molar-refractivity contribution in [1.29, 1.82) is 0 Å². The van der Waals surface area contributed by atoms with E-state index in [2.05, 4.69) is 23.1 Å². The fourth-order valence-electron chi connectivity index (χ4n) is 3.82. The zero-order valence-corrected chi connectivity index (χ0v) is 24.4. The first-order valence-corrected chi connectivity index (χ1v) is 14.1. The van der Waals surface area contributed by atoms with Crippen LogP contribution in [0.2, 0.25) is 0 Å². The molecule has 0 saturated carbocycles. The van der Waals surface area contributed by atoms with Gasteiger partial charge in [0.05, 0.1) is 0 Å². The predicted molar refractivity (Wildman–Crippen MR) is 154 cm³/mol. The van der Waals surface area contributed by atoms with Gasteiger partial charge in [0.1, 0.15) is 18.5 Å². The van der Waals surface area contributed by atoms with Crippen LogP contribution in [0.3, 0.4) is 0 Å². The molecule has 1 atom stereocenters. The second kappa shape index (κ2) is 19.8. The molecule has 216 valence electrons. The van der Waals surface area contributed by atoms with E-state index in [0.717, 1.165) is 45.1 Å². The van der Waals surface area contributed by atoms with Crippen LogP contribution in [-0.2, 0) is 17.9 Å². The maximum Gasteiger partial charge on any atom is 0.415 e. The molecule has 1 unspecified atom stereocenters. The number of carbonyl (C=O) groups is 2. The average Bonchev–Trinajstić information content (AvgIpc) is 2.86. The van der Waals surface area contributed by atoms with Crippen LogP contribution < -0.4 is 10.1 Å². The topological polar surface area (TPSA) is 115 Å². The van der Waals surface area contributed by atoms with Crippen LogP contribution in [0.25, 0.3) is 0 Å². The number of carbonyl (C=O) groups excluding carboxylic acids is 2. The average molecular weight is 554 g/mol. The molecule has 0 heterocycles. The Kier molecular flexibility index (Phi) is 17.6. The quantitative estimate of drug-likeness (QED) is 0.0972. The molecule has 0 aliphatic rings. The number of amides is 2. The third-order valence-corrected chi connectivity index (χ3v) is 6.47. The lowest BCUT2D eigenvalue weighted by molar-refractivity contribution is -0.129. The van der Waals surface area contributed by atoms with Crippen LogP contribution in [0.1, 0.15) is 63.0 Å². The molecule has 0 aliphatic carbocycles. The highest BCUT2D eigenvalue weighted by molar-refractivity contribution is 7.80. The lowest BCUT2D eigenvalue weighted by Gasteiger charge is -2.24. The molecule has 0 saturated heterocycles. The Balaban J connectivity index is 2.62. The first-order valence-electron chi connectivity index (χ1n) is 13.4. The number of likely N-dealkylation sites (N-methyl/N-ethyl adjacent to an activating group) is 2. The number of aliphatic hydroxyl groups excluding tert-OH is 1. The molecule has 0 aliphatic heterocycles. The summed E-state index contributed by atoms with van der Waals surface area (Å²) >= 11 is 4.11. The van der Waals surface area contributed by atoms with Crippen LogP contribution in [0.4, 0.5) is 4.79 Å². The third kappa shape index (κ3) is 14.7. The van der Waals surface area contributed by atoms with E-state index < -0.39 is 12.3 Å². The maximum absolute atomic E-state index is 12.6. The minimum atomic E-state index is -0.478. The Morgan fingerprint density at radius 1 is 1.05 bits per heavy atom. The standard InChI is InChI=1S/C27H47N5O5S/c1-22(33)32(15-10-8-6-5-7-9-14-28-26(34)13-18-38)21-24-19-23(20-29-36)11-12-25(24)37-27(35)31(4)17-16-30(2)3/h11-12,19,26,28,34,38H,5-10,13-18,20-21H2,1-4H3. The van der Waals surface area contributed by atoms with Gasteiger partial charge >= 0.3 is 6.09 Å². The molecule has 38 heavy (non-hydrogen) atoms. The van der Waals surface area contributed by atoms with Crippen molar-refractivity contribution < 1.29 is 19.4 Å². The van der Waals surface area contributed by atoms with Gasteiger partial charge in [0.25, 0.3) is 0 Å². The molecule has 0 spiro atoms. The van der Waals surface area contributed by atoms with E-state index in [4.69, 9.17) is 4.74 Å². The van der Waals surface area contributed by atoms with E-state index in [1.54, 1.807) is 30.1 Å². The molecule has 0 aromatic heterocycles. The van der Waals surface area contributed by atoms with Gasteiger partial charge in [-0.3, -0.25) is 10.1 Å². The minimum absolute atomic E-state index is 0.00765. The molecule has 0 fully saturated rings. The second-order valence-electron chi connectivity index (χ2n) is 9.87.